The molecule has 0 fully saturated rings. The summed E-state index contributed by atoms with van der Waals surface area (Å²) in [5.74, 6) is 0. The molecule has 3 rings (SSSR count). The molecular formula is C10H6N2O2. The van der Waals surface area contributed by atoms with Crippen LogP contribution in [0.15, 0.2) is 39.5 Å². The molecule has 2 aromatic heterocycles. The number of rotatable bonds is 0. The molecule has 0 radical (unpaired) electrons. The Bertz CT molecular complexity index is 666. The van der Waals surface area contributed by atoms with Crippen LogP contribution < -0.4 is 5.56 Å². The lowest BCUT2D eigenvalue weighted by Gasteiger charge is -1.84. The van der Waals surface area contributed by atoms with Crippen LogP contribution in [0.4, 0.5) is 0 Å². The largest absolute Gasteiger partial charge is 0.454 e. The van der Waals surface area contributed by atoms with Crippen LogP contribution in [0.5, 0.6) is 0 Å². The molecule has 0 aliphatic carbocycles. The van der Waals surface area contributed by atoms with Crippen molar-refractivity contribution in [1.82, 2.24) is 10.2 Å². The minimum absolute atomic E-state index is 0.253. The number of furan rings is 1. The van der Waals surface area contributed by atoms with Crippen LogP contribution >= 0.6 is 0 Å². The number of benzene rings is 1. The summed E-state index contributed by atoms with van der Waals surface area (Å²) in [6, 6.07) is 8.95. The fourth-order valence-electron chi connectivity index (χ4n) is 1.53. The van der Waals surface area contributed by atoms with Gasteiger partial charge in [-0.25, -0.2) is 5.10 Å². The van der Waals surface area contributed by atoms with Gasteiger partial charge in [0.1, 0.15) is 11.1 Å². The summed E-state index contributed by atoms with van der Waals surface area (Å²) in [7, 11) is 0. The highest BCUT2D eigenvalue weighted by molar-refractivity contribution is 6.01. The SMILES string of the molecule is O=c1cc2oc3ccccc3c2n[nH]1. The maximum Gasteiger partial charge on any atom is 0.267 e. The first-order valence-corrected chi connectivity index (χ1v) is 4.21. The van der Waals surface area contributed by atoms with Gasteiger partial charge >= 0.3 is 0 Å². The highest BCUT2D eigenvalue weighted by Crippen LogP contribution is 2.24. The van der Waals surface area contributed by atoms with Crippen LogP contribution in [0.25, 0.3) is 22.1 Å². The first kappa shape index (κ1) is 7.32. The number of aromatic amines is 1. The van der Waals surface area contributed by atoms with Crippen LogP contribution in [0.1, 0.15) is 0 Å². The second-order valence-corrected chi connectivity index (χ2v) is 3.04. The molecule has 1 N–H and O–H groups in total. The van der Waals surface area contributed by atoms with E-state index in [-0.39, 0.29) is 5.56 Å². The molecule has 0 spiro atoms. The molecule has 0 saturated carbocycles. The minimum Gasteiger partial charge on any atom is -0.454 e. The van der Waals surface area contributed by atoms with Crippen molar-refractivity contribution in [3.63, 3.8) is 0 Å². The summed E-state index contributed by atoms with van der Waals surface area (Å²) in [6.45, 7) is 0. The number of nitrogens with zero attached hydrogens (tertiary/aromatic N) is 1. The topological polar surface area (TPSA) is 58.9 Å². The Hall–Kier alpha value is -2.10. The number of hydrogen-bond donors (Lipinski definition) is 1. The van der Waals surface area contributed by atoms with E-state index >= 15 is 0 Å². The van der Waals surface area contributed by atoms with E-state index in [0.717, 1.165) is 11.0 Å². The Kier molecular flexibility index (Phi) is 1.28. The van der Waals surface area contributed by atoms with Crippen molar-refractivity contribution >= 4 is 22.1 Å². The Labute approximate surface area is 78.2 Å². The van der Waals surface area contributed by atoms with E-state index < -0.39 is 0 Å². The maximum atomic E-state index is 11.0. The van der Waals surface area contributed by atoms with Gasteiger partial charge in [0.25, 0.3) is 5.56 Å². The first-order valence-electron chi connectivity index (χ1n) is 4.21. The quantitative estimate of drug-likeness (QED) is 0.581. The predicted molar refractivity (Wildman–Crippen MR) is 52.1 cm³/mol. The van der Waals surface area contributed by atoms with Gasteiger partial charge in [-0.3, -0.25) is 4.79 Å². The van der Waals surface area contributed by atoms with Gasteiger partial charge in [-0.15, -0.1) is 0 Å². The first-order chi connectivity index (χ1) is 6.84. The Morgan fingerprint density at radius 1 is 1.21 bits per heavy atom. The Morgan fingerprint density at radius 2 is 2.07 bits per heavy atom. The van der Waals surface area contributed by atoms with Gasteiger partial charge in [0.15, 0.2) is 5.58 Å². The average Bonchev–Trinajstić information content (AvgIpc) is 2.54. The molecule has 4 nitrogen and oxygen atoms in total. The van der Waals surface area contributed by atoms with Crippen LogP contribution in [0.3, 0.4) is 0 Å². The van der Waals surface area contributed by atoms with E-state index in [9.17, 15) is 4.79 Å². The molecule has 0 aliphatic rings. The van der Waals surface area contributed by atoms with Crippen molar-refractivity contribution in [1.29, 1.82) is 0 Å². The smallest absolute Gasteiger partial charge is 0.267 e. The number of H-pyrrole nitrogens is 1. The molecule has 0 aliphatic heterocycles. The summed E-state index contributed by atoms with van der Waals surface area (Å²) in [5, 5.41) is 7.24. The Balaban J connectivity index is 2.63. The van der Waals surface area contributed by atoms with Crippen LogP contribution in [-0.2, 0) is 0 Å². The van der Waals surface area contributed by atoms with Crippen LogP contribution in [0.2, 0.25) is 0 Å². The van der Waals surface area contributed by atoms with Crippen molar-refractivity contribution in [2.45, 2.75) is 0 Å². The number of aromatic nitrogens is 2. The molecule has 14 heavy (non-hydrogen) atoms. The van der Waals surface area contributed by atoms with Gasteiger partial charge in [-0.1, -0.05) is 12.1 Å². The van der Waals surface area contributed by atoms with Crippen LogP contribution in [-0.4, -0.2) is 10.2 Å². The molecule has 2 heterocycles. The van der Waals surface area contributed by atoms with E-state index in [4.69, 9.17) is 4.42 Å². The molecule has 0 bridgehead atoms. The summed E-state index contributed by atoms with van der Waals surface area (Å²) < 4.78 is 5.45. The van der Waals surface area contributed by atoms with Crippen molar-refractivity contribution in [3.8, 4) is 0 Å². The molecule has 0 atom stereocenters. The zero-order valence-electron chi connectivity index (χ0n) is 7.15. The third kappa shape index (κ3) is 0.877. The van der Waals surface area contributed by atoms with Crippen LogP contribution in [0, 0.1) is 0 Å². The molecule has 1 aromatic carbocycles. The van der Waals surface area contributed by atoms with E-state index in [1.165, 1.54) is 6.07 Å². The minimum atomic E-state index is -0.253. The van der Waals surface area contributed by atoms with Crippen molar-refractivity contribution in [3.05, 3.63) is 40.7 Å². The van der Waals surface area contributed by atoms with Crippen molar-refractivity contribution < 1.29 is 4.42 Å². The molecule has 68 valence electrons. The summed E-state index contributed by atoms with van der Waals surface area (Å²) in [6.07, 6.45) is 0. The van der Waals surface area contributed by atoms with Gasteiger partial charge in [0.2, 0.25) is 0 Å². The van der Waals surface area contributed by atoms with Gasteiger partial charge in [-0.2, -0.15) is 5.10 Å². The molecule has 0 unspecified atom stereocenters. The Morgan fingerprint density at radius 3 is 3.00 bits per heavy atom. The number of fused-ring (bicyclic) bond motifs is 3. The standard InChI is InChI=1S/C10H6N2O2/c13-9-5-8-10(12-11-9)6-3-1-2-4-7(6)14-8/h1-5H,(H,11,13). The molecule has 0 saturated heterocycles. The summed E-state index contributed by atoms with van der Waals surface area (Å²) in [4.78, 5) is 11.0. The summed E-state index contributed by atoms with van der Waals surface area (Å²) >= 11 is 0. The fraction of sp³-hybridized carbons (Fsp3) is 0. The van der Waals surface area contributed by atoms with E-state index in [2.05, 4.69) is 10.2 Å². The van der Waals surface area contributed by atoms with Crippen molar-refractivity contribution in [2.24, 2.45) is 0 Å². The third-order valence-electron chi connectivity index (χ3n) is 2.14. The van der Waals surface area contributed by atoms with E-state index in [0.29, 0.717) is 11.1 Å². The molecular weight excluding hydrogens is 180 g/mol. The van der Waals surface area contributed by atoms with Crippen molar-refractivity contribution in [2.75, 3.05) is 0 Å². The zero-order chi connectivity index (χ0) is 9.54. The average molecular weight is 186 g/mol. The van der Waals surface area contributed by atoms with Gasteiger partial charge in [0.05, 0.1) is 0 Å². The monoisotopic (exact) mass is 186 g/mol. The number of para-hydroxylation sites is 1. The lowest BCUT2D eigenvalue weighted by atomic mass is 10.2. The summed E-state index contributed by atoms with van der Waals surface area (Å²) in [5.41, 5.74) is 1.71. The molecule has 3 aromatic rings. The van der Waals surface area contributed by atoms with Gasteiger partial charge in [-0.05, 0) is 12.1 Å². The molecule has 0 amide bonds. The van der Waals surface area contributed by atoms with Gasteiger partial charge in [0, 0.05) is 11.5 Å². The predicted octanol–water partition coefficient (Wildman–Crippen LogP) is 1.67. The normalized spacial score (nSPS) is 11.1. The molecule has 4 heteroatoms. The second kappa shape index (κ2) is 2.45. The third-order valence-corrected chi connectivity index (χ3v) is 2.14. The van der Waals surface area contributed by atoms with E-state index in [1.54, 1.807) is 0 Å². The second-order valence-electron chi connectivity index (χ2n) is 3.04. The highest BCUT2D eigenvalue weighted by atomic mass is 16.3. The number of nitrogens with one attached hydrogen (secondary N) is 1. The number of hydrogen-bond acceptors (Lipinski definition) is 3. The lowest BCUT2D eigenvalue weighted by Crippen LogP contribution is -2.04. The highest BCUT2D eigenvalue weighted by Gasteiger charge is 2.06. The fourth-order valence-corrected chi connectivity index (χ4v) is 1.53. The van der Waals surface area contributed by atoms with Gasteiger partial charge < -0.3 is 4.42 Å². The lowest BCUT2D eigenvalue weighted by molar-refractivity contribution is 0.666. The zero-order valence-corrected chi connectivity index (χ0v) is 7.15. The maximum absolute atomic E-state index is 11.0. The van der Waals surface area contributed by atoms with E-state index in [1.807, 2.05) is 24.3 Å².